The minimum atomic E-state index is -3.86. The molecule has 0 aromatic heterocycles. The maximum Gasteiger partial charge on any atom is 0.269 e. The molecule has 0 bridgehead atoms. The number of hydrogen-bond acceptors (Lipinski definition) is 4. The van der Waals surface area contributed by atoms with Gasteiger partial charge >= 0.3 is 0 Å². The van der Waals surface area contributed by atoms with Crippen molar-refractivity contribution in [1.82, 2.24) is 5.32 Å². The van der Waals surface area contributed by atoms with Crippen LogP contribution in [0.3, 0.4) is 0 Å². The Morgan fingerprint density at radius 3 is 2.42 bits per heavy atom. The summed E-state index contributed by atoms with van der Waals surface area (Å²) in [6.07, 6.45) is 1.86. The Balaban J connectivity index is 2.00. The van der Waals surface area contributed by atoms with Crippen molar-refractivity contribution in [3.63, 3.8) is 0 Å². The van der Waals surface area contributed by atoms with Crippen LogP contribution in [0.25, 0.3) is 5.70 Å². The third-order valence-corrected chi connectivity index (χ3v) is 6.15. The van der Waals surface area contributed by atoms with Crippen LogP contribution in [-0.4, -0.2) is 20.9 Å². The van der Waals surface area contributed by atoms with E-state index in [-0.39, 0.29) is 9.80 Å². The van der Waals surface area contributed by atoms with Crippen molar-refractivity contribution in [3.8, 4) is 0 Å². The van der Waals surface area contributed by atoms with Crippen LogP contribution in [0.1, 0.15) is 30.9 Å². The predicted octanol–water partition coefficient (Wildman–Crippen LogP) is 3.48. The van der Waals surface area contributed by atoms with Crippen LogP contribution in [0.2, 0.25) is 0 Å². The normalized spacial score (nSPS) is 14.8. The van der Waals surface area contributed by atoms with Gasteiger partial charge in [0, 0.05) is 17.8 Å². The van der Waals surface area contributed by atoms with Gasteiger partial charge in [-0.25, -0.2) is 8.42 Å². The van der Waals surface area contributed by atoms with Gasteiger partial charge in [-0.1, -0.05) is 49.2 Å². The summed E-state index contributed by atoms with van der Waals surface area (Å²) in [5, 5.41) is 5.87. The molecule has 0 spiro atoms. The largest absolute Gasteiger partial charge is 0.383 e. The summed E-state index contributed by atoms with van der Waals surface area (Å²) in [6, 6.07) is 14.0. The van der Waals surface area contributed by atoms with Crippen LogP contribution >= 0.6 is 0 Å². The van der Waals surface area contributed by atoms with Crippen LogP contribution in [-0.2, 0) is 14.6 Å². The molecule has 0 radical (unpaired) electrons. The Hall–Kier alpha value is -2.60. The second-order valence-corrected chi connectivity index (χ2v) is 8.16. The highest BCUT2D eigenvalue weighted by molar-refractivity contribution is 7.97. The van der Waals surface area contributed by atoms with Gasteiger partial charge in [0.15, 0.2) is 4.91 Å². The third-order valence-electron chi connectivity index (χ3n) is 4.29. The van der Waals surface area contributed by atoms with Crippen molar-refractivity contribution in [2.75, 3.05) is 11.9 Å². The molecular weight excluding hydrogens is 348 g/mol. The second-order valence-electron chi connectivity index (χ2n) is 6.30. The molecule has 1 aliphatic heterocycles. The van der Waals surface area contributed by atoms with Crippen LogP contribution in [0.15, 0.2) is 58.3 Å². The first-order valence-corrected chi connectivity index (χ1v) is 10.1. The fourth-order valence-electron chi connectivity index (χ4n) is 2.90. The van der Waals surface area contributed by atoms with Gasteiger partial charge in [0.1, 0.15) is 0 Å². The van der Waals surface area contributed by atoms with Crippen LogP contribution in [0.5, 0.6) is 0 Å². The number of hydrogen-bond donors (Lipinski definition) is 2. The molecule has 0 aliphatic carbocycles. The van der Waals surface area contributed by atoms with Crippen molar-refractivity contribution < 1.29 is 13.2 Å². The molecule has 2 aromatic carbocycles. The van der Waals surface area contributed by atoms with Gasteiger partial charge in [0.2, 0.25) is 9.84 Å². The number of carbonyl (C=O) groups is 1. The number of aryl methyl sites for hydroxylation is 1. The third kappa shape index (κ3) is 3.37. The monoisotopic (exact) mass is 370 g/mol. The Bertz CT molecular complexity index is 961. The zero-order chi connectivity index (χ0) is 18.7. The number of sulfone groups is 1. The molecule has 0 saturated heterocycles. The van der Waals surface area contributed by atoms with Gasteiger partial charge < -0.3 is 10.6 Å². The number of rotatable bonds is 6. The Labute approximate surface area is 154 Å². The first-order valence-electron chi connectivity index (χ1n) is 8.66. The molecule has 1 heterocycles. The molecule has 2 N–H and O–H groups in total. The smallest absolute Gasteiger partial charge is 0.269 e. The summed E-state index contributed by atoms with van der Waals surface area (Å²) in [7, 11) is -3.86. The van der Waals surface area contributed by atoms with E-state index in [4.69, 9.17) is 0 Å². The van der Waals surface area contributed by atoms with Crippen LogP contribution in [0, 0.1) is 6.92 Å². The summed E-state index contributed by atoms with van der Waals surface area (Å²) in [6.45, 7) is 4.61. The summed E-state index contributed by atoms with van der Waals surface area (Å²) >= 11 is 0. The maximum atomic E-state index is 13.0. The van der Waals surface area contributed by atoms with E-state index >= 15 is 0 Å². The number of amides is 1. The van der Waals surface area contributed by atoms with E-state index in [1.165, 1.54) is 0 Å². The van der Waals surface area contributed by atoms with Gasteiger partial charge in [-0.05, 0) is 31.5 Å². The molecule has 3 rings (SSSR count). The number of unbranched alkanes of at least 4 members (excludes halogenated alkanes) is 1. The average Bonchev–Trinajstić information content (AvgIpc) is 2.85. The van der Waals surface area contributed by atoms with Crippen molar-refractivity contribution in [1.29, 1.82) is 0 Å². The first kappa shape index (κ1) is 18.2. The van der Waals surface area contributed by atoms with Crippen LogP contribution < -0.4 is 10.6 Å². The molecule has 0 fully saturated rings. The lowest BCUT2D eigenvalue weighted by Gasteiger charge is -2.11. The molecule has 6 heteroatoms. The molecule has 136 valence electrons. The molecule has 5 nitrogen and oxygen atoms in total. The van der Waals surface area contributed by atoms with Gasteiger partial charge in [0.25, 0.3) is 5.91 Å². The van der Waals surface area contributed by atoms with E-state index < -0.39 is 15.7 Å². The van der Waals surface area contributed by atoms with Crippen molar-refractivity contribution in [2.45, 2.75) is 31.6 Å². The van der Waals surface area contributed by atoms with E-state index in [1.54, 1.807) is 36.4 Å². The van der Waals surface area contributed by atoms with Crippen LogP contribution in [0.4, 0.5) is 5.69 Å². The quantitative estimate of drug-likeness (QED) is 0.764. The molecular formula is C20H22N2O3S. The van der Waals surface area contributed by atoms with Gasteiger partial charge in [0.05, 0.1) is 10.6 Å². The highest BCUT2D eigenvalue weighted by atomic mass is 32.2. The lowest BCUT2D eigenvalue weighted by molar-refractivity contribution is -0.112. The summed E-state index contributed by atoms with van der Waals surface area (Å²) in [4.78, 5) is 12.8. The molecule has 2 aromatic rings. The highest BCUT2D eigenvalue weighted by Crippen LogP contribution is 2.38. The van der Waals surface area contributed by atoms with E-state index in [0.29, 0.717) is 23.5 Å². The van der Waals surface area contributed by atoms with E-state index in [2.05, 4.69) is 17.6 Å². The lowest BCUT2D eigenvalue weighted by atomic mass is 10.1. The summed E-state index contributed by atoms with van der Waals surface area (Å²) < 4.78 is 25.9. The number of anilines is 1. The topological polar surface area (TPSA) is 75.3 Å². The summed E-state index contributed by atoms with van der Waals surface area (Å²) in [5.74, 6) is -0.621. The summed E-state index contributed by atoms with van der Waals surface area (Å²) in [5.41, 5.74) is 2.56. The molecule has 0 saturated carbocycles. The minimum absolute atomic E-state index is 0.174. The van der Waals surface area contributed by atoms with E-state index in [9.17, 15) is 13.2 Å². The fraction of sp³-hybridized carbons (Fsp3) is 0.250. The van der Waals surface area contributed by atoms with Gasteiger partial charge in [-0.3, -0.25) is 4.79 Å². The van der Waals surface area contributed by atoms with Crippen molar-refractivity contribution in [2.24, 2.45) is 0 Å². The number of fused-ring (bicyclic) bond motifs is 1. The fourth-order valence-corrected chi connectivity index (χ4v) is 4.58. The lowest BCUT2D eigenvalue weighted by Crippen LogP contribution is -2.23. The average molecular weight is 370 g/mol. The zero-order valence-corrected chi connectivity index (χ0v) is 15.7. The second kappa shape index (κ2) is 7.33. The Kier molecular flexibility index (Phi) is 5.13. The van der Waals surface area contributed by atoms with Crippen molar-refractivity contribution in [3.05, 3.63) is 64.6 Å². The maximum absolute atomic E-state index is 13.0. The van der Waals surface area contributed by atoms with Gasteiger partial charge in [-0.15, -0.1) is 0 Å². The number of nitrogens with one attached hydrogen (secondary N) is 2. The number of benzene rings is 2. The number of carbonyl (C=O) groups excluding carboxylic acids is 1. The van der Waals surface area contributed by atoms with Gasteiger partial charge in [-0.2, -0.15) is 0 Å². The van der Waals surface area contributed by atoms with Crippen molar-refractivity contribution >= 4 is 27.1 Å². The molecule has 26 heavy (non-hydrogen) atoms. The zero-order valence-electron chi connectivity index (χ0n) is 14.9. The Morgan fingerprint density at radius 2 is 1.73 bits per heavy atom. The Morgan fingerprint density at radius 1 is 1.04 bits per heavy atom. The molecule has 1 amide bonds. The predicted molar refractivity (Wildman–Crippen MR) is 103 cm³/mol. The van der Waals surface area contributed by atoms with E-state index in [0.717, 1.165) is 18.4 Å². The first-order chi connectivity index (χ1) is 12.4. The molecule has 1 aliphatic rings. The minimum Gasteiger partial charge on any atom is -0.383 e. The SMILES string of the molecule is CCCCNC1=C(C(=O)Nc2ccc(C)cc2)S(=O)(=O)c2ccccc21. The standard InChI is InChI=1S/C20H22N2O3S/c1-3-4-13-21-18-16-7-5-6-8-17(16)26(24,25)19(18)20(23)22-15-11-9-14(2)10-12-15/h5-12,21H,3-4,13H2,1-2H3,(H,22,23). The highest BCUT2D eigenvalue weighted by Gasteiger charge is 2.39. The molecule has 0 atom stereocenters. The van der Waals surface area contributed by atoms with E-state index in [1.807, 2.05) is 19.1 Å². The molecule has 0 unspecified atom stereocenters.